The van der Waals surface area contributed by atoms with Crippen molar-refractivity contribution in [2.75, 3.05) is 6.54 Å². The van der Waals surface area contributed by atoms with Crippen LogP contribution in [0.5, 0.6) is 0 Å². The van der Waals surface area contributed by atoms with Gasteiger partial charge in [-0.1, -0.05) is 35.3 Å². The SMILES string of the molecule is O[C@@H](CNCc1cc2cc(Cl)c(Cl)cc2[nH]1)c1ccc(F)cc1. The van der Waals surface area contributed by atoms with Crippen molar-refractivity contribution in [3.05, 3.63) is 69.6 Å². The lowest BCUT2D eigenvalue weighted by Gasteiger charge is -2.11. The maximum absolute atomic E-state index is 12.9. The van der Waals surface area contributed by atoms with Gasteiger partial charge in [0.05, 0.1) is 16.1 Å². The monoisotopic (exact) mass is 352 g/mol. The summed E-state index contributed by atoms with van der Waals surface area (Å²) in [5.74, 6) is -0.315. The van der Waals surface area contributed by atoms with Gasteiger partial charge in [-0.3, -0.25) is 0 Å². The predicted molar refractivity (Wildman–Crippen MR) is 91.4 cm³/mol. The lowest BCUT2D eigenvalue weighted by atomic mass is 10.1. The molecule has 2 aromatic carbocycles. The summed E-state index contributed by atoms with van der Waals surface area (Å²) in [4.78, 5) is 3.25. The highest BCUT2D eigenvalue weighted by Crippen LogP contribution is 2.28. The Kier molecular flexibility index (Phi) is 4.87. The van der Waals surface area contributed by atoms with E-state index in [0.29, 0.717) is 28.7 Å². The van der Waals surface area contributed by atoms with Crippen LogP contribution in [0, 0.1) is 5.82 Å². The predicted octanol–water partition coefficient (Wildman–Crippen LogP) is 4.44. The van der Waals surface area contributed by atoms with Crippen molar-refractivity contribution in [3.63, 3.8) is 0 Å². The van der Waals surface area contributed by atoms with Gasteiger partial charge in [0.15, 0.2) is 0 Å². The van der Waals surface area contributed by atoms with E-state index in [1.54, 1.807) is 18.2 Å². The summed E-state index contributed by atoms with van der Waals surface area (Å²) in [5.41, 5.74) is 2.55. The molecule has 1 atom stereocenters. The van der Waals surface area contributed by atoms with E-state index in [2.05, 4.69) is 10.3 Å². The van der Waals surface area contributed by atoms with E-state index in [0.717, 1.165) is 16.6 Å². The van der Waals surface area contributed by atoms with E-state index in [-0.39, 0.29) is 5.82 Å². The van der Waals surface area contributed by atoms with Gasteiger partial charge in [0, 0.05) is 29.7 Å². The normalized spacial score (nSPS) is 12.7. The van der Waals surface area contributed by atoms with Crippen LogP contribution in [0.3, 0.4) is 0 Å². The Morgan fingerprint density at radius 3 is 2.52 bits per heavy atom. The maximum atomic E-state index is 12.9. The molecule has 3 aromatic rings. The standard InChI is InChI=1S/C17H15Cl2FN2O/c18-14-6-11-5-13(22-16(11)7-15(14)19)8-21-9-17(23)10-1-3-12(20)4-2-10/h1-7,17,21-23H,8-9H2/t17-/m0/s1. The van der Waals surface area contributed by atoms with Crippen LogP contribution < -0.4 is 5.32 Å². The van der Waals surface area contributed by atoms with Gasteiger partial charge in [0.2, 0.25) is 0 Å². The Bertz CT molecular complexity index is 778. The summed E-state index contributed by atoms with van der Waals surface area (Å²) >= 11 is 12.0. The second-order valence-corrected chi connectivity index (χ2v) is 6.16. The molecule has 3 nitrogen and oxygen atoms in total. The first-order valence-corrected chi connectivity index (χ1v) is 7.89. The average Bonchev–Trinajstić information content (AvgIpc) is 2.90. The first kappa shape index (κ1) is 16.3. The van der Waals surface area contributed by atoms with Crippen LogP contribution in [-0.4, -0.2) is 16.6 Å². The van der Waals surface area contributed by atoms with Crippen molar-refractivity contribution in [2.24, 2.45) is 0 Å². The van der Waals surface area contributed by atoms with Gasteiger partial charge in [-0.15, -0.1) is 0 Å². The van der Waals surface area contributed by atoms with Crippen LogP contribution in [0.4, 0.5) is 4.39 Å². The number of aromatic amines is 1. The molecular weight excluding hydrogens is 338 g/mol. The van der Waals surface area contributed by atoms with Gasteiger partial charge >= 0.3 is 0 Å². The van der Waals surface area contributed by atoms with Crippen LogP contribution >= 0.6 is 23.2 Å². The van der Waals surface area contributed by atoms with Gasteiger partial charge in [0.25, 0.3) is 0 Å². The third-order valence-corrected chi connectivity index (χ3v) is 4.35. The molecule has 1 heterocycles. The molecule has 0 aliphatic carbocycles. The summed E-state index contributed by atoms with van der Waals surface area (Å²) in [6.07, 6.45) is -0.691. The molecule has 0 amide bonds. The summed E-state index contributed by atoms with van der Waals surface area (Å²) in [5, 5.41) is 15.2. The Morgan fingerprint density at radius 1 is 1.09 bits per heavy atom. The van der Waals surface area contributed by atoms with Crippen LogP contribution in [-0.2, 0) is 6.54 Å². The molecule has 23 heavy (non-hydrogen) atoms. The maximum Gasteiger partial charge on any atom is 0.123 e. The van der Waals surface area contributed by atoms with Crippen molar-refractivity contribution in [3.8, 4) is 0 Å². The molecule has 0 bridgehead atoms. The number of aliphatic hydroxyl groups excluding tert-OH is 1. The van der Waals surface area contributed by atoms with Crippen LogP contribution in [0.15, 0.2) is 42.5 Å². The Labute approximate surface area is 143 Å². The third-order valence-electron chi connectivity index (χ3n) is 3.63. The fourth-order valence-corrected chi connectivity index (χ4v) is 2.76. The topological polar surface area (TPSA) is 48.0 Å². The minimum absolute atomic E-state index is 0.315. The van der Waals surface area contributed by atoms with E-state index in [4.69, 9.17) is 23.2 Å². The molecular formula is C17H15Cl2FN2O. The summed E-state index contributed by atoms with van der Waals surface area (Å²) in [7, 11) is 0. The van der Waals surface area contributed by atoms with Crippen LogP contribution in [0.25, 0.3) is 10.9 Å². The summed E-state index contributed by atoms with van der Waals surface area (Å²) < 4.78 is 12.9. The minimum atomic E-state index is -0.691. The van der Waals surface area contributed by atoms with Gasteiger partial charge in [0.1, 0.15) is 5.82 Å². The van der Waals surface area contributed by atoms with E-state index in [9.17, 15) is 9.50 Å². The number of fused-ring (bicyclic) bond motifs is 1. The highest BCUT2D eigenvalue weighted by Gasteiger charge is 2.08. The first-order chi connectivity index (χ1) is 11.0. The lowest BCUT2D eigenvalue weighted by molar-refractivity contribution is 0.174. The van der Waals surface area contributed by atoms with Gasteiger partial charge in [-0.2, -0.15) is 0 Å². The number of H-pyrrole nitrogens is 1. The zero-order chi connectivity index (χ0) is 16.4. The number of aliphatic hydroxyl groups is 1. The van der Waals surface area contributed by atoms with Crippen molar-refractivity contribution in [1.82, 2.24) is 10.3 Å². The average molecular weight is 353 g/mol. The number of benzene rings is 2. The summed E-state index contributed by atoms with van der Waals surface area (Å²) in [6, 6.07) is 11.4. The third kappa shape index (κ3) is 3.85. The molecule has 0 unspecified atom stereocenters. The zero-order valence-electron chi connectivity index (χ0n) is 12.1. The second kappa shape index (κ2) is 6.89. The Morgan fingerprint density at radius 2 is 1.78 bits per heavy atom. The van der Waals surface area contributed by atoms with E-state index >= 15 is 0 Å². The number of rotatable bonds is 5. The molecule has 1 aromatic heterocycles. The summed E-state index contributed by atoms with van der Waals surface area (Å²) in [6.45, 7) is 0.921. The number of nitrogens with one attached hydrogen (secondary N) is 2. The molecule has 6 heteroatoms. The molecule has 0 spiro atoms. The van der Waals surface area contributed by atoms with Gasteiger partial charge in [-0.05, 0) is 35.9 Å². The van der Waals surface area contributed by atoms with Crippen molar-refractivity contribution >= 4 is 34.1 Å². The quantitative estimate of drug-likeness (QED) is 0.635. The molecule has 0 fully saturated rings. The molecule has 3 rings (SSSR count). The van der Waals surface area contributed by atoms with Crippen LogP contribution in [0.2, 0.25) is 10.0 Å². The molecule has 0 saturated heterocycles. The molecule has 0 saturated carbocycles. The Hall–Kier alpha value is -1.59. The largest absolute Gasteiger partial charge is 0.387 e. The number of halogens is 3. The highest BCUT2D eigenvalue weighted by atomic mass is 35.5. The highest BCUT2D eigenvalue weighted by molar-refractivity contribution is 6.42. The van der Waals surface area contributed by atoms with Crippen molar-refractivity contribution in [1.29, 1.82) is 0 Å². The fourth-order valence-electron chi connectivity index (χ4n) is 2.43. The first-order valence-electron chi connectivity index (χ1n) is 7.14. The van der Waals surface area contributed by atoms with Gasteiger partial charge < -0.3 is 15.4 Å². The number of hydrogen-bond donors (Lipinski definition) is 3. The van der Waals surface area contributed by atoms with E-state index < -0.39 is 6.10 Å². The Balaban J connectivity index is 1.61. The van der Waals surface area contributed by atoms with Crippen LogP contribution in [0.1, 0.15) is 17.4 Å². The molecule has 0 aliphatic rings. The minimum Gasteiger partial charge on any atom is -0.387 e. The van der Waals surface area contributed by atoms with Crippen molar-refractivity contribution < 1.29 is 9.50 Å². The van der Waals surface area contributed by atoms with E-state index in [1.165, 1.54) is 12.1 Å². The fraction of sp³-hybridized carbons (Fsp3) is 0.176. The second-order valence-electron chi connectivity index (χ2n) is 5.35. The van der Waals surface area contributed by atoms with Gasteiger partial charge in [-0.25, -0.2) is 4.39 Å². The van der Waals surface area contributed by atoms with E-state index in [1.807, 2.05) is 12.1 Å². The lowest BCUT2D eigenvalue weighted by Crippen LogP contribution is -2.21. The molecule has 3 N–H and O–H groups in total. The number of aromatic nitrogens is 1. The molecule has 0 aliphatic heterocycles. The van der Waals surface area contributed by atoms with Crippen molar-refractivity contribution in [2.45, 2.75) is 12.6 Å². The zero-order valence-corrected chi connectivity index (χ0v) is 13.6. The smallest absolute Gasteiger partial charge is 0.123 e. The number of hydrogen-bond acceptors (Lipinski definition) is 2. The molecule has 0 radical (unpaired) electrons. The molecule has 120 valence electrons.